The molecule has 1 saturated carbocycles. The Hall–Kier alpha value is -1.80. The first kappa shape index (κ1) is 13.2. The average Bonchev–Trinajstić information content (AvgIpc) is 2.44. The molecule has 2 heteroatoms. The number of hydrogen-bond acceptors (Lipinski definition) is 2. The minimum Gasteiger partial charge on any atom is -0.489 e. The maximum Gasteiger partial charge on any atom is 0.119 e. The van der Waals surface area contributed by atoms with E-state index >= 15 is 0 Å². The number of ether oxygens (including phenoxy) is 1. The van der Waals surface area contributed by atoms with Crippen molar-refractivity contribution in [1.29, 1.82) is 0 Å². The Kier molecular flexibility index (Phi) is 3.75. The first-order valence-electron chi connectivity index (χ1n) is 7.25. The summed E-state index contributed by atoms with van der Waals surface area (Å²) in [7, 11) is 0. The summed E-state index contributed by atoms with van der Waals surface area (Å²) in [6, 6.07) is 17.2. The van der Waals surface area contributed by atoms with Crippen molar-refractivity contribution in [2.24, 2.45) is 5.73 Å². The van der Waals surface area contributed by atoms with Gasteiger partial charge >= 0.3 is 0 Å². The van der Waals surface area contributed by atoms with Crippen LogP contribution in [0.1, 0.15) is 35.4 Å². The van der Waals surface area contributed by atoms with Crippen molar-refractivity contribution in [2.45, 2.75) is 38.3 Å². The molecule has 20 heavy (non-hydrogen) atoms. The van der Waals surface area contributed by atoms with Gasteiger partial charge in [-0.05, 0) is 54.5 Å². The fourth-order valence-corrected chi connectivity index (χ4v) is 2.70. The van der Waals surface area contributed by atoms with Gasteiger partial charge < -0.3 is 10.5 Å². The van der Waals surface area contributed by atoms with Crippen molar-refractivity contribution >= 4 is 0 Å². The first-order chi connectivity index (χ1) is 9.72. The van der Waals surface area contributed by atoms with Gasteiger partial charge in [0.15, 0.2) is 0 Å². The molecule has 2 aromatic carbocycles. The summed E-state index contributed by atoms with van der Waals surface area (Å²) < 4.78 is 5.86. The fourth-order valence-electron chi connectivity index (χ4n) is 2.70. The van der Waals surface area contributed by atoms with Crippen LogP contribution in [-0.4, -0.2) is 6.04 Å². The fraction of sp³-hybridized carbons (Fsp3) is 0.333. The molecular weight excluding hydrogens is 246 g/mol. The van der Waals surface area contributed by atoms with Crippen molar-refractivity contribution in [3.8, 4) is 5.75 Å². The van der Waals surface area contributed by atoms with Gasteiger partial charge in [0.25, 0.3) is 0 Å². The van der Waals surface area contributed by atoms with Crippen LogP contribution in [0.15, 0.2) is 48.5 Å². The Labute approximate surface area is 120 Å². The van der Waals surface area contributed by atoms with E-state index in [9.17, 15) is 0 Å². The monoisotopic (exact) mass is 267 g/mol. The highest BCUT2D eigenvalue weighted by atomic mass is 16.5. The summed E-state index contributed by atoms with van der Waals surface area (Å²) in [6.45, 7) is 2.74. The normalized spacial score (nSPS) is 21.3. The summed E-state index contributed by atoms with van der Waals surface area (Å²) in [5, 5.41) is 0. The van der Waals surface area contributed by atoms with E-state index in [0.717, 1.165) is 18.6 Å². The van der Waals surface area contributed by atoms with E-state index in [1.165, 1.54) is 16.7 Å². The van der Waals surface area contributed by atoms with Crippen LogP contribution in [0.4, 0.5) is 0 Å². The minimum absolute atomic E-state index is 0.400. The summed E-state index contributed by atoms with van der Waals surface area (Å²) in [5.74, 6) is 1.58. The molecule has 104 valence electrons. The van der Waals surface area contributed by atoms with Crippen LogP contribution in [0, 0.1) is 6.92 Å². The van der Waals surface area contributed by atoms with E-state index in [1.807, 2.05) is 0 Å². The lowest BCUT2D eigenvalue weighted by Crippen LogP contribution is -2.34. The minimum atomic E-state index is 0.400. The SMILES string of the molecule is Cc1ccccc1COc1ccc(C2CC(N)C2)cc1. The maximum absolute atomic E-state index is 5.86. The number of aryl methyl sites for hydroxylation is 1. The molecule has 1 fully saturated rings. The molecule has 0 bridgehead atoms. The molecule has 0 aliphatic heterocycles. The van der Waals surface area contributed by atoms with E-state index < -0.39 is 0 Å². The zero-order valence-corrected chi connectivity index (χ0v) is 11.9. The number of rotatable bonds is 4. The van der Waals surface area contributed by atoms with Crippen LogP contribution in [0.2, 0.25) is 0 Å². The van der Waals surface area contributed by atoms with E-state index in [2.05, 4.69) is 55.5 Å². The Morgan fingerprint density at radius 3 is 2.40 bits per heavy atom. The van der Waals surface area contributed by atoms with Crippen molar-refractivity contribution in [3.05, 3.63) is 65.2 Å². The molecule has 2 aromatic rings. The average molecular weight is 267 g/mol. The zero-order valence-electron chi connectivity index (χ0n) is 11.9. The predicted octanol–water partition coefficient (Wildman–Crippen LogP) is 3.78. The second-order valence-electron chi connectivity index (χ2n) is 5.71. The van der Waals surface area contributed by atoms with Crippen LogP contribution in [-0.2, 0) is 6.61 Å². The summed E-state index contributed by atoms with van der Waals surface area (Å²) in [6.07, 6.45) is 2.23. The highest BCUT2D eigenvalue weighted by molar-refractivity contribution is 5.32. The highest BCUT2D eigenvalue weighted by Gasteiger charge is 2.26. The molecule has 0 heterocycles. The largest absolute Gasteiger partial charge is 0.489 e. The van der Waals surface area contributed by atoms with Gasteiger partial charge in [0.1, 0.15) is 12.4 Å². The quantitative estimate of drug-likeness (QED) is 0.915. The van der Waals surface area contributed by atoms with E-state index in [-0.39, 0.29) is 0 Å². The summed E-state index contributed by atoms with van der Waals surface area (Å²) >= 11 is 0. The molecule has 0 unspecified atom stereocenters. The lowest BCUT2D eigenvalue weighted by atomic mass is 9.76. The second-order valence-corrected chi connectivity index (χ2v) is 5.71. The standard InChI is InChI=1S/C18H21NO/c1-13-4-2-3-5-15(13)12-20-18-8-6-14(7-9-18)16-10-17(19)11-16/h2-9,16-17H,10-12,19H2,1H3. The third-order valence-corrected chi connectivity index (χ3v) is 4.18. The molecule has 2 nitrogen and oxygen atoms in total. The number of nitrogens with two attached hydrogens (primary N) is 1. The smallest absolute Gasteiger partial charge is 0.119 e. The van der Waals surface area contributed by atoms with Gasteiger partial charge in [-0.25, -0.2) is 0 Å². The van der Waals surface area contributed by atoms with Gasteiger partial charge in [0.05, 0.1) is 0 Å². The first-order valence-corrected chi connectivity index (χ1v) is 7.25. The third kappa shape index (κ3) is 2.86. The van der Waals surface area contributed by atoms with Crippen LogP contribution < -0.4 is 10.5 Å². The van der Waals surface area contributed by atoms with Gasteiger partial charge in [-0.3, -0.25) is 0 Å². The Balaban J connectivity index is 1.60. The van der Waals surface area contributed by atoms with E-state index in [1.54, 1.807) is 0 Å². The Bertz CT molecular complexity index is 570. The van der Waals surface area contributed by atoms with Gasteiger partial charge in [0.2, 0.25) is 0 Å². The summed E-state index contributed by atoms with van der Waals surface area (Å²) in [5.41, 5.74) is 9.73. The molecule has 0 saturated heterocycles. The molecule has 0 amide bonds. The Morgan fingerprint density at radius 1 is 1.05 bits per heavy atom. The Morgan fingerprint density at radius 2 is 1.75 bits per heavy atom. The number of hydrogen-bond donors (Lipinski definition) is 1. The van der Waals surface area contributed by atoms with Crippen molar-refractivity contribution in [3.63, 3.8) is 0 Å². The topological polar surface area (TPSA) is 35.2 Å². The predicted molar refractivity (Wildman–Crippen MR) is 81.9 cm³/mol. The molecule has 0 radical (unpaired) electrons. The molecule has 3 rings (SSSR count). The lowest BCUT2D eigenvalue weighted by Gasteiger charge is -2.32. The van der Waals surface area contributed by atoms with Crippen molar-refractivity contribution < 1.29 is 4.74 Å². The lowest BCUT2D eigenvalue weighted by molar-refractivity contribution is 0.304. The number of benzene rings is 2. The molecule has 0 spiro atoms. The van der Waals surface area contributed by atoms with E-state index in [0.29, 0.717) is 18.6 Å². The molecule has 1 aliphatic rings. The van der Waals surface area contributed by atoms with E-state index in [4.69, 9.17) is 10.5 Å². The van der Waals surface area contributed by atoms with Gasteiger partial charge in [-0.15, -0.1) is 0 Å². The van der Waals surface area contributed by atoms with Crippen LogP contribution in [0.3, 0.4) is 0 Å². The van der Waals surface area contributed by atoms with Crippen LogP contribution in [0.25, 0.3) is 0 Å². The zero-order chi connectivity index (χ0) is 13.9. The van der Waals surface area contributed by atoms with Crippen LogP contribution >= 0.6 is 0 Å². The van der Waals surface area contributed by atoms with Gasteiger partial charge in [0, 0.05) is 6.04 Å². The van der Waals surface area contributed by atoms with Gasteiger partial charge in [-0.2, -0.15) is 0 Å². The highest BCUT2D eigenvalue weighted by Crippen LogP contribution is 2.36. The molecule has 0 atom stereocenters. The molecule has 1 aliphatic carbocycles. The van der Waals surface area contributed by atoms with Gasteiger partial charge in [-0.1, -0.05) is 36.4 Å². The van der Waals surface area contributed by atoms with Crippen LogP contribution in [0.5, 0.6) is 5.75 Å². The summed E-state index contributed by atoms with van der Waals surface area (Å²) in [4.78, 5) is 0. The van der Waals surface area contributed by atoms with Crippen molar-refractivity contribution in [2.75, 3.05) is 0 Å². The maximum atomic E-state index is 5.86. The second kappa shape index (κ2) is 5.68. The molecular formula is C18H21NO. The third-order valence-electron chi connectivity index (χ3n) is 4.18. The molecule has 2 N–H and O–H groups in total. The van der Waals surface area contributed by atoms with Crippen molar-refractivity contribution in [1.82, 2.24) is 0 Å². The molecule has 0 aromatic heterocycles.